The number of hydrogen-bond acceptors (Lipinski definition) is 0. The molecular formula is C66H38N4. The van der Waals surface area contributed by atoms with Crippen molar-refractivity contribution in [1.29, 1.82) is 0 Å². The smallest absolute Gasteiger partial charge is 0.0634 e. The van der Waals surface area contributed by atoms with Crippen molar-refractivity contribution in [3.05, 3.63) is 231 Å². The normalized spacial score (nSPS) is 12.6. The summed E-state index contributed by atoms with van der Waals surface area (Å²) in [5.74, 6) is 0. The molecule has 0 fully saturated rings. The summed E-state index contributed by atoms with van der Waals surface area (Å²) in [6.07, 6.45) is 0. The van der Waals surface area contributed by atoms with Crippen LogP contribution in [-0.4, -0.2) is 17.9 Å². The first-order chi connectivity index (χ1) is 34.8. The zero-order valence-electron chi connectivity index (χ0n) is 37.7. The lowest BCUT2D eigenvalue weighted by Crippen LogP contribution is -1.95. The molecule has 0 aliphatic rings. The van der Waals surface area contributed by atoms with E-state index < -0.39 is 0 Å². The van der Waals surface area contributed by atoms with E-state index in [4.69, 9.17) is 0 Å². The second kappa shape index (κ2) is 13.2. The van der Waals surface area contributed by atoms with E-state index in [0.29, 0.717) is 0 Å². The fourth-order valence-corrected chi connectivity index (χ4v) is 13.1. The molecule has 6 aromatic heterocycles. The summed E-state index contributed by atoms with van der Waals surface area (Å²) in [6.45, 7) is 0. The van der Waals surface area contributed by atoms with Crippen LogP contribution in [0.5, 0.6) is 0 Å². The molecule has 0 atom stereocenters. The van der Waals surface area contributed by atoms with Gasteiger partial charge in [-0.3, -0.25) is 0 Å². The number of fused-ring (bicyclic) bond motifs is 18. The van der Waals surface area contributed by atoms with E-state index in [2.05, 4.69) is 248 Å². The average molecular weight is 887 g/mol. The van der Waals surface area contributed by atoms with E-state index in [1.165, 1.54) is 142 Å². The Kier molecular flexibility index (Phi) is 6.92. The Morgan fingerprint density at radius 3 is 0.929 bits per heavy atom. The highest BCUT2D eigenvalue weighted by Crippen LogP contribution is 2.54. The molecule has 0 saturated carbocycles. The van der Waals surface area contributed by atoms with Gasteiger partial charge in [-0.25, -0.2) is 0 Å². The van der Waals surface area contributed by atoms with Gasteiger partial charge in [0.25, 0.3) is 0 Å². The van der Waals surface area contributed by atoms with E-state index in [0.717, 1.165) is 11.4 Å². The summed E-state index contributed by atoms with van der Waals surface area (Å²) < 4.78 is 10.1. The van der Waals surface area contributed by atoms with Gasteiger partial charge in [0.1, 0.15) is 0 Å². The molecule has 4 nitrogen and oxygen atoms in total. The Morgan fingerprint density at radius 1 is 0.214 bits per heavy atom. The van der Waals surface area contributed by atoms with Gasteiger partial charge in [-0.05, 0) is 71.8 Å². The maximum absolute atomic E-state index is 2.62. The van der Waals surface area contributed by atoms with Crippen LogP contribution in [0.15, 0.2) is 231 Å². The number of nitrogens with zero attached hydrogens (tertiary/aromatic N) is 4. The molecule has 0 saturated heterocycles. The maximum Gasteiger partial charge on any atom is 0.0634 e. The van der Waals surface area contributed by atoms with Crippen molar-refractivity contribution in [3.63, 3.8) is 0 Å². The predicted molar refractivity (Wildman–Crippen MR) is 295 cm³/mol. The maximum atomic E-state index is 2.62. The third-order valence-corrected chi connectivity index (χ3v) is 15.8. The van der Waals surface area contributed by atoms with E-state index in [1.807, 2.05) is 0 Å². The zero-order valence-corrected chi connectivity index (χ0v) is 37.7. The molecule has 70 heavy (non-hydrogen) atoms. The highest BCUT2D eigenvalue weighted by atomic mass is 15.0. The Morgan fingerprint density at radius 2 is 0.543 bits per heavy atom. The lowest BCUT2D eigenvalue weighted by atomic mass is 9.89. The lowest BCUT2D eigenvalue weighted by Gasteiger charge is -2.16. The van der Waals surface area contributed by atoms with Crippen LogP contribution in [-0.2, 0) is 0 Å². The fraction of sp³-hybridized carbons (Fsp3) is 0. The topological polar surface area (TPSA) is 18.7 Å². The predicted octanol–water partition coefficient (Wildman–Crippen LogP) is 17.5. The first-order valence-corrected chi connectivity index (χ1v) is 24.3. The Labute approximate surface area is 400 Å². The van der Waals surface area contributed by atoms with Gasteiger partial charge >= 0.3 is 0 Å². The average Bonchev–Trinajstić information content (AvgIpc) is 4.27. The third kappa shape index (κ3) is 4.47. The molecule has 4 heteroatoms. The third-order valence-electron chi connectivity index (χ3n) is 15.8. The first kappa shape index (κ1) is 36.7. The van der Waals surface area contributed by atoms with Crippen molar-refractivity contribution in [2.45, 2.75) is 0 Å². The summed E-state index contributed by atoms with van der Waals surface area (Å²) in [5, 5.41) is 15.2. The molecule has 0 spiro atoms. The Balaban J connectivity index is 1.04. The van der Waals surface area contributed by atoms with Crippen LogP contribution in [0.25, 0.3) is 153 Å². The molecule has 0 amide bonds. The molecule has 17 aromatic rings. The number of para-hydroxylation sites is 6. The van der Waals surface area contributed by atoms with Crippen LogP contribution >= 0.6 is 0 Å². The molecule has 0 aliphatic carbocycles. The quantitative estimate of drug-likeness (QED) is 0.168. The van der Waals surface area contributed by atoms with Gasteiger partial charge in [0, 0.05) is 87.1 Å². The Hall–Kier alpha value is -9.38. The van der Waals surface area contributed by atoms with Crippen molar-refractivity contribution in [2.24, 2.45) is 0 Å². The van der Waals surface area contributed by atoms with Crippen molar-refractivity contribution < 1.29 is 0 Å². The molecule has 17 rings (SSSR count). The number of rotatable bonds is 4. The fourth-order valence-electron chi connectivity index (χ4n) is 13.1. The van der Waals surface area contributed by atoms with Crippen molar-refractivity contribution >= 4 is 120 Å². The highest BCUT2D eigenvalue weighted by Gasteiger charge is 2.31. The van der Waals surface area contributed by atoms with Crippen molar-refractivity contribution in [1.82, 2.24) is 17.9 Å². The van der Waals surface area contributed by atoms with Crippen LogP contribution in [0.4, 0.5) is 0 Å². The number of hydrogen-bond donors (Lipinski definition) is 0. The SMILES string of the molecule is c1ccc(-c2c3c4cccc5c6cc(-n7c8ccccc8c8ccccc87)ccc6n(c3c(-c3ccccc3)c3c6cccc7c8cc(-n9c%10ccccc%10c%10ccccc%109)ccc8n(c23)c76)c54)cc1. The molecule has 11 aromatic carbocycles. The molecule has 0 radical (unpaired) electrons. The van der Waals surface area contributed by atoms with Gasteiger partial charge in [-0.2, -0.15) is 0 Å². The summed E-state index contributed by atoms with van der Waals surface area (Å²) >= 11 is 0. The first-order valence-electron chi connectivity index (χ1n) is 24.3. The van der Waals surface area contributed by atoms with Crippen molar-refractivity contribution in [2.75, 3.05) is 0 Å². The minimum Gasteiger partial charge on any atom is -0.309 e. The summed E-state index contributed by atoms with van der Waals surface area (Å²) in [7, 11) is 0. The Bertz CT molecular complexity index is 4620. The van der Waals surface area contributed by atoms with E-state index in [9.17, 15) is 0 Å². The van der Waals surface area contributed by atoms with Crippen LogP contribution in [0, 0.1) is 0 Å². The van der Waals surface area contributed by atoms with E-state index in [-0.39, 0.29) is 0 Å². The summed E-state index contributed by atoms with van der Waals surface area (Å²) in [5.41, 5.74) is 19.6. The van der Waals surface area contributed by atoms with Crippen LogP contribution in [0.1, 0.15) is 0 Å². The molecule has 322 valence electrons. The standard InChI is InChI=1S/C66H38N4/c1-3-17-39(18-4-1)59-61-49-27-15-25-47-52-38-42(68-55-31-13-9-23-45(55)46-24-10-14-32-56(46)68)34-36-58(52)70(63(47)49)66(61)60(40-19-5-2-6-20-40)62-50-28-16-26-48-51-37-41(33-35-57(51)69(64(48)50)65(59)62)67-53-29-11-7-21-43(53)44-22-8-12-30-54(44)67/h1-38H. The van der Waals surface area contributed by atoms with Gasteiger partial charge in [0.05, 0.1) is 55.2 Å². The minimum atomic E-state index is 1.16. The van der Waals surface area contributed by atoms with Crippen LogP contribution in [0.3, 0.4) is 0 Å². The highest BCUT2D eigenvalue weighted by molar-refractivity contribution is 6.38. The monoisotopic (exact) mass is 886 g/mol. The van der Waals surface area contributed by atoms with Gasteiger partial charge < -0.3 is 17.9 Å². The second-order valence-electron chi connectivity index (χ2n) is 19.1. The summed E-state index contributed by atoms with van der Waals surface area (Å²) in [6, 6.07) is 85.8. The van der Waals surface area contributed by atoms with Gasteiger partial charge in [-0.1, -0.05) is 170 Å². The molecular weight excluding hydrogens is 849 g/mol. The molecule has 0 unspecified atom stereocenters. The van der Waals surface area contributed by atoms with Gasteiger partial charge in [0.2, 0.25) is 0 Å². The van der Waals surface area contributed by atoms with Crippen LogP contribution in [0.2, 0.25) is 0 Å². The van der Waals surface area contributed by atoms with E-state index in [1.54, 1.807) is 0 Å². The zero-order chi connectivity index (χ0) is 45.3. The molecule has 6 heterocycles. The second-order valence-corrected chi connectivity index (χ2v) is 19.1. The van der Waals surface area contributed by atoms with E-state index >= 15 is 0 Å². The van der Waals surface area contributed by atoms with Crippen molar-refractivity contribution in [3.8, 4) is 33.6 Å². The van der Waals surface area contributed by atoms with Gasteiger partial charge in [-0.15, -0.1) is 0 Å². The minimum absolute atomic E-state index is 1.16. The number of benzene rings is 11. The summed E-state index contributed by atoms with van der Waals surface area (Å²) in [4.78, 5) is 0. The molecule has 0 N–H and O–H groups in total. The largest absolute Gasteiger partial charge is 0.309 e. The lowest BCUT2D eigenvalue weighted by molar-refractivity contribution is 1.18. The molecule has 0 bridgehead atoms. The van der Waals surface area contributed by atoms with Gasteiger partial charge in [0.15, 0.2) is 0 Å². The van der Waals surface area contributed by atoms with Crippen LogP contribution < -0.4 is 0 Å². The molecule has 0 aliphatic heterocycles. The number of aromatic nitrogens is 4.